The first-order chi connectivity index (χ1) is 7.40. The van der Waals surface area contributed by atoms with Gasteiger partial charge in [-0.2, -0.15) is 0 Å². The minimum atomic E-state index is 0.548. The van der Waals surface area contributed by atoms with Gasteiger partial charge in [0.15, 0.2) is 0 Å². The third-order valence-electron chi connectivity index (χ3n) is 3.49. The van der Waals surface area contributed by atoms with Crippen molar-refractivity contribution in [2.75, 3.05) is 6.54 Å². The molecule has 0 aromatic heterocycles. The predicted octanol–water partition coefficient (Wildman–Crippen LogP) is 3.53. The molecule has 82 valence electrons. The quantitative estimate of drug-likeness (QED) is 0.772. The molecule has 0 spiro atoms. The summed E-state index contributed by atoms with van der Waals surface area (Å²) in [6.07, 6.45) is 5.47. The monoisotopic (exact) mass is 203 g/mol. The molecule has 0 aliphatic heterocycles. The van der Waals surface area contributed by atoms with Crippen LogP contribution in [-0.2, 0) is 0 Å². The Morgan fingerprint density at radius 1 is 1.27 bits per heavy atom. The van der Waals surface area contributed by atoms with E-state index in [0.717, 1.165) is 5.92 Å². The Hall–Kier alpha value is -0.820. The minimum absolute atomic E-state index is 0.548. The van der Waals surface area contributed by atoms with Gasteiger partial charge in [0.05, 0.1) is 0 Å². The second-order valence-corrected chi connectivity index (χ2v) is 4.58. The molecule has 1 nitrogen and oxygen atoms in total. The van der Waals surface area contributed by atoms with Gasteiger partial charge in [-0.1, -0.05) is 43.7 Å². The Morgan fingerprint density at radius 3 is 2.53 bits per heavy atom. The molecule has 1 aliphatic rings. The molecule has 0 radical (unpaired) electrons. The lowest BCUT2D eigenvalue weighted by Gasteiger charge is -2.28. The van der Waals surface area contributed by atoms with Gasteiger partial charge < -0.3 is 5.32 Å². The lowest BCUT2D eigenvalue weighted by Crippen LogP contribution is -2.30. The van der Waals surface area contributed by atoms with E-state index in [4.69, 9.17) is 0 Å². The van der Waals surface area contributed by atoms with E-state index in [1.807, 2.05) is 0 Å². The summed E-state index contributed by atoms with van der Waals surface area (Å²) >= 11 is 0. The largest absolute Gasteiger partial charge is 0.310 e. The summed E-state index contributed by atoms with van der Waals surface area (Å²) in [7, 11) is 0. The van der Waals surface area contributed by atoms with Gasteiger partial charge in [-0.25, -0.2) is 0 Å². The van der Waals surface area contributed by atoms with Gasteiger partial charge in [0.2, 0.25) is 0 Å². The van der Waals surface area contributed by atoms with Crippen molar-refractivity contribution in [1.82, 2.24) is 5.32 Å². The second kappa shape index (κ2) is 5.32. The first kappa shape index (κ1) is 10.7. The van der Waals surface area contributed by atoms with Gasteiger partial charge in [-0.3, -0.25) is 0 Å². The van der Waals surface area contributed by atoms with E-state index in [9.17, 15) is 0 Å². The molecule has 0 heterocycles. The van der Waals surface area contributed by atoms with Crippen LogP contribution in [0.25, 0.3) is 0 Å². The van der Waals surface area contributed by atoms with E-state index in [1.165, 1.54) is 37.8 Å². The maximum Gasteiger partial charge on any atom is 0.0317 e. The number of nitrogens with one attached hydrogen (secondary N) is 1. The first-order valence-corrected chi connectivity index (χ1v) is 6.18. The summed E-state index contributed by atoms with van der Waals surface area (Å²) in [6, 6.07) is 11.3. The van der Waals surface area contributed by atoms with Gasteiger partial charge in [-0.05, 0) is 37.3 Å². The van der Waals surface area contributed by atoms with Crippen LogP contribution in [0, 0.1) is 5.92 Å². The minimum Gasteiger partial charge on any atom is -0.310 e. The lowest BCUT2D eigenvalue weighted by atomic mass is 9.85. The third kappa shape index (κ3) is 2.82. The molecule has 2 rings (SSSR count). The highest BCUT2D eigenvalue weighted by Gasteiger charge is 2.18. The van der Waals surface area contributed by atoms with E-state index in [-0.39, 0.29) is 0 Å². The number of benzene rings is 1. The van der Waals surface area contributed by atoms with Crippen LogP contribution >= 0.6 is 0 Å². The highest BCUT2D eigenvalue weighted by molar-refractivity contribution is 5.18. The Kier molecular flexibility index (Phi) is 3.79. The summed E-state index contributed by atoms with van der Waals surface area (Å²) in [5.74, 6) is 0.947. The van der Waals surface area contributed by atoms with Gasteiger partial charge in [0.25, 0.3) is 0 Å². The van der Waals surface area contributed by atoms with Crippen LogP contribution in [0.3, 0.4) is 0 Å². The Morgan fingerprint density at radius 2 is 2.00 bits per heavy atom. The van der Waals surface area contributed by atoms with Crippen LogP contribution in [0.5, 0.6) is 0 Å². The molecule has 15 heavy (non-hydrogen) atoms. The Bertz CT molecular complexity index is 277. The van der Waals surface area contributed by atoms with E-state index >= 15 is 0 Å². The summed E-state index contributed by atoms with van der Waals surface area (Å²) in [6.45, 7) is 3.46. The number of rotatable bonds is 5. The zero-order chi connectivity index (χ0) is 10.5. The summed E-state index contributed by atoms with van der Waals surface area (Å²) < 4.78 is 0. The van der Waals surface area contributed by atoms with Gasteiger partial charge >= 0.3 is 0 Å². The maximum absolute atomic E-state index is 3.69. The summed E-state index contributed by atoms with van der Waals surface area (Å²) in [5.41, 5.74) is 1.43. The van der Waals surface area contributed by atoms with Crippen molar-refractivity contribution in [3.8, 4) is 0 Å². The molecule has 1 heteroatoms. The van der Waals surface area contributed by atoms with Gasteiger partial charge in [0, 0.05) is 6.04 Å². The fourth-order valence-corrected chi connectivity index (χ4v) is 2.19. The van der Waals surface area contributed by atoms with Crippen molar-refractivity contribution in [3.63, 3.8) is 0 Å². The molecule has 1 aliphatic carbocycles. The van der Waals surface area contributed by atoms with E-state index in [1.54, 1.807) is 0 Å². The number of hydrogen-bond donors (Lipinski definition) is 1. The molecule has 1 N–H and O–H groups in total. The van der Waals surface area contributed by atoms with E-state index in [2.05, 4.69) is 42.6 Å². The van der Waals surface area contributed by atoms with Crippen molar-refractivity contribution >= 4 is 0 Å². The Labute approximate surface area is 92.9 Å². The predicted molar refractivity (Wildman–Crippen MR) is 64.8 cm³/mol. The van der Waals surface area contributed by atoms with Crippen LogP contribution in [0.15, 0.2) is 30.3 Å². The maximum atomic E-state index is 3.69. The summed E-state index contributed by atoms with van der Waals surface area (Å²) in [5, 5.41) is 3.69. The van der Waals surface area contributed by atoms with Crippen LogP contribution in [0.2, 0.25) is 0 Å². The van der Waals surface area contributed by atoms with Crippen LogP contribution in [0.4, 0.5) is 0 Å². The van der Waals surface area contributed by atoms with Crippen LogP contribution in [-0.4, -0.2) is 6.54 Å². The lowest BCUT2D eigenvalue weighted by molar-refractivity contribution is 0.288. The fourth-order valence-electron chi connectivity index (χ4n) is 2.19. The molecule has 1 fully saturated rings. The second-order valence-electron chi connectivity index (χ2n) is 4.58. The Balaban J connectivity index is 1.86. The molecule has 0 amide bonds. The van der Waals surface area contributed by atoms with Crippen molar-refractivity contribution in [1.29, 1.82) is 0 Å². The standard InChI is InChI=1S/C14H21N/c1-2-14(13-9-4-3-5-10-13)15-11-12-7-6-8-12/h3-5,9-10,12,14-15H,2,6-8,11H2,1H3. The van der Waals surface area contributed by atoms with Crippen molar-refractivity contribution in [2.24, 2.45) is 5.92 Å². The highest BCUT2D eigenvalue weighted by Crippen LogP contribution is 2.26. The average molecular weight is 203 g/mol. The van der Waals surface area contributed by atoms with Crippen molar-refractivity contribution in [3.05, 3.63) is 35.9 Å². The van der Waals surface area contributed by atoms with Crippen LogP contribution < -0.4 is 5.32 Å². The molecule has 1 saturated carbocycles. The van der Waals surface area contributed by atoms with E-state index < -0.39 is 0 Å². The van der Waals surface area contributed by atoms with Crippen molar-refractivity contribution < 1.29 is 0 Å². The smallest absolute Gasteiger partial charge is 0.0317 e. The van der Waals surface area contributed by atoms with E-state index in [0.29, 0.717) is 6.04 Å². The average Bonchev–Trinajstić information content (AvgIpc) is 2.23. The molecule has 1 aromatic carbocycles. The molecular weight excluding hydrogens is 182 g/mol. The normalized spacial score (nSPS) is 18.5. The van der Waals surface area contributed by atoms with Crippen LogP contribution in [0.1, 0.15) is 44.2 Å². The zero-order valence-electron chi connectivity index (χ0n) is 9.58. The summed E-state index contributed by atoms with van der Waals surface area (Å²) in [4.78, 5) is 0. The zero-order valence-corrected chi connectivity index (χ0v) is 9.58. The molecule has 0 bridgehead atoms. The first-order valence-electron chi connectivity index (χ1n) is 6.18. The topological polar surface area (TPSA) is 12.0 Å². The highest BCUT2D eigenvalue weighted by atomic mass is 14.9. The molecule has 0 saturated heterocycles. The van der Waals surface area contributed by atoms with Crippen molar-refractivity contribution in [2.45, 2.75) is 38.6 Å². The molecular formula is C14H21N. The third-order valence-corrected chi connectivity index (χ3v) is 3.49. The molecule has 1 unspecified atom stereocenters. The molecule has 1 atom stereocenters. The SMILES string of the molecule is CCC(NCC1CCC1)c1ccccc1. The van der Waals surface area contributed by atoms with Gasteiger partial charge in [-0.15, -0.1) is 0 Å². The van der Waals surface area contributed by atoms with Gasteiger partial charge in [0.1, 0.15) is 0 Å². The number of hydrogen-bond acceptors (Lipinski definition) is 1. The fraction of sp³-hybridized carbons (Fsp3) is 0.571. The molecule has 1 aromatic rings.